The van der Waals surface area contributed by atoms with Crippen LogP contribution in [0.4, 0.5) is 5.69 Å². The third kappa shape index (κ3) is 6.78. The molecule has 0 amide bonds. The fourth-order valence-electron chi connectivity index (χ4n) is 1.99. The predicted molar refractivity (Wildman–Crippen MR) is 112 cm³/mol. The van der Waals surface area contributed by atoms with E-state index in [0.717, 1.165) is 19.0 Å². The largest absolute Gasteiger partial charge is 0.378 e. The molecule has 0 atom stereocenters. The number of aliphatic imine (C=N–C) groups is 1. The van der Waals surface area contributed by atoms with Gasteiger partial charge in [0.15, 0.2) is 5.96 Å². The topological polar surface area (TPSA) is 39.7 Å². The van der Waals surface area contributed by atoms with Crippen molar-refractivity contribution in [1.29, 1.82) is 0 Å². The van der Waals surface area contributed by atoms with Crippen molar-refractivity contribution in [1.82, 2.24) is 10.6 Å². The highest BCUT2D eigenvalue weighted by Crippen LogP contribution is 2.12. The van der Waals surface area contributed by atoms with Crippen molar-refractivity contribution in [3.63, 3.8) is 0 Å². The number of hydrogen-bond acceptors (Lipinski definition) is 3. The fourth-order valence-corrected chi connectivity index (χ4v) is 2.65. The normalized spacial score (nSPS) is 10.8. The number of nitrogens with zero attached hydrogens (tertiary/aromatic N) is 2. The molecule has 0 spiro atoms. The van der Waals surface area contributed by atoms with Gasteiger partial charge in [0.2, 0.25) is 0 Å². The molecule has 6 heteroatoms. The van der Waals surface area contributed by atoms with Crippen LogP contribution >= 0.6 is 35.3 Å². The van der Waals surface area contributed by atoms with Gasteiger partial charge in [0.05, 0.1) is 6.54 Å². The second kappa shape index (κ2) is 10.5. The molecule has 1 heterocycles. The van der Waals surface area contributed by atoms with E-state index in [0.29, 0.717) is 6.54 Å². The van der Waals surface area contributed by atoms with Gasteiger partial charge in [-0.05, 0) is 47.0 Å². The molecule has 0 aliphatic heterocycles. The van der Waals surface area contributed by atoms with Crippen LogP contribution in [0.15, 0.2) is 46.1 Å². The second-order valence-electron chi connectivity index (χ2n) is 5.24. The van der Waals surface area contributed by atoms with Gasteiger partial charge in [-0.3, -0.25) is 0 Å². The molecule has 2 aromatic rings. The Balaban J connectivity index is 0.00000264. The Morgan fingerprint density at radius 2 is 1.83 bits per heavy atom. The van der Waals surface area contributed by atoms with E-state index in [9.17, 15) is 0 Å². The number of thiophene rings is 1. The van der Waals surface area contributed by atoms with E-state index < -0.39 is 0 Å². The maximum atomic E-state index is 4.61. The summed E-state index contributed by atoms with van der Waals surface area (Å²) in [7, 11) is 4.10. The molecule has 2 N–H and O–H groups in total. The van der Waals surface area contributed by atoms with Crippen LogP contribution in [-0.2, 0) is 13.1 Å². The summed E-state index contributed by atoms with van der Waals surface area (Å²) in [5, 5.41) is 10.9. The quantitative estimate of drug-likeness (QED) is 0.406. The number of guanidine groups is 1. The average molecular weight is 444 g/mol. The Kier molecular flexibility index (Phi) is 9.01. The zero-order chi connectivity index (χ0) is 15.8. The highest BCUT2D eigenvalue weighted by Gasteiger charge is 2.00. The van der Waals surface area contributed by atoms with E-state index >= 15 is 0 Å². The van der Waals surface area contributed by atoms with E-state index in [-0.39, 0.29) is 24.0 Å². The van der Waals surface area contributed by atoms with Gasteiger partial charge in [-0.2, -0.15) is 11.3 Å². The standard InChI is InChI=1S/C17H24N4S.HI/c1-4-18-17(20-12-15-9-10-22-13-15)19-11-14-5-7-16(8-6-14)21(2)3;/h5-10,13H,4,11-12H2,1-3H3,(H2,18,19,20);1H. The lowest BCUT2D eigenvalue weighted by atomic mass is 10.2. The second-order valence-corrected chi connectivity index (χ2v) is 6.02. The maximum absolute atomic E-state index is 4.61. The van der Waals surface area contributed by atoms with Gasteiger partial charge in [0.25, 0.3) is 0 Å². The molecule has 0 saturated carbocycles. The molecule has 0 radical (unpaired) electrons. The first-order valence-corrected chi connectivity index (χ1v) is 8.43. The smallest absolute Gasteiger partial charge is 0.191 e. The lowest BCUT2D eigenvalue weighted by Gasteiger charge is -2.14. The Labute approximate surface area is 160 Å². The number of nitrogens with one attached hydrogen (secondary N) is 2. The zero-order valence-electron chi connectivity index (χ0n) is 13.9. The Hall–Kier alpha value is -1.28. The molecular formula is C17H25IN4S. The van der Waals surface area contributed by atoms with Gasteiger partial charge < -0.3 is 15.5 Å². The first-order chi connectivity index (χ1) is 10.7. The van der Waals surface area contributed by atoms with Crippen molar-refractivity contribution in [3.05, 3.63) is 52.2 Å². The van der Waals surface area contributed by atoms with Crippen LogP contribution in [0.3, 0.4) is 0 Å². The third-order valence-corrected chi connectivity index (χ3v) is 3.99. The summed E-state index contributed by atoms with van der Waals surface area (Å²) < 4.78 is 0. The molecule has 0 bridgehead atoms. The summed E-state index contributed by atoms with van der Waals surface area (Å²) in [4.78, 5) is 6.71. The van der Waals surface area contributed by atoms with Crippen molar-refractivity contribution >= 4 is 47.0 Å². The highest BCUT2D eigenvalue weighted by atomic mass is 127. The van der Waals surface area contributed by atoms with Gasteiger partial charge in [-0.1, -0.05) is 12.1 Å². The minimum absolute atomic E-state index is 0. The first kappa shape index (κ1) is 19.8. The van der Waals surface area contributed by atoms with Crippen LogP contribution in [0.5, 0.6) is 0 Å². The van der Waals surface area contributed by atoms with Crippen molar-refractivity contribution < 1.29 is 0 Å². The van der Waals surface area contributed by atoms with E-state index in [2.05, 4.69) is 68.5 Å². The molecule has 126 valence electrons. The van der Waals surface area contributed by atoms with Crippen molar-refractivity contribution in [2.75, 3.05) is 25.5 Å². The van der Waals surface area contributed by atoms with Crippen LogP contribution in [0.25, 0.3) is 0 Å². The Bertz CT molecular complexity index is 579. The lowest BCUT2D eigenvalue weighted by Crippen LogP contribution is -2.36. The number of hydrogen-bond donors (Lipinski definition) is 2. The summed E-state index contributed by atoms with van der Waals surface area (Å²) in [6.45, 7) is 4.41. The third-order valence-electron chi connectivity index (χ3n) is 3.26. The molecule has 0 unspecified atom stereocenters. The minimum Gasteiger partial charge on any atom is -0.378 e. The SMILES string of the molecule is CCNC(=NCc1ccsc1)NCc1ccc(N(C)C)cc1.I. The van der Waals surface area contributed by atoms with Crippen LogP contribution < -0.4 is 15.5 Å². The number of benzene rings is 1. The fraction of sp³-hybridized carbons (Fsp3) is 0.353. The number of halogens is 1. The maximum Gasteiger partial charge on any atom is 0.191 e. The summed E-state index contributed by atoms with van der Waals surface area (Å²) in [5.74, 6) is 0.852. The molecule has 1 aromatic carbocycles. The highest BCUT2D eigenvalue weighted by molar-refractivity contribution is 14.0. The Morgan fingerprint density at radius 1 is 1.09 bits per heavy atom. The van der Waals surface area contributed by atoms with E-state index in [4.69, 9.17) is 0 Å². The van der Waals surface area contributed by atoms with Crippen LogP contribution in [-0.4, -0.2) is 26.6 Å². The van der Waals surface area contributed by atoms with Crippen molar-refractivity contribution in [2.24, 2.45) is 4.99 Å². The van der Waals surface area contributed by atoms with Gasteiger partial charge in [0.1, 0.15) is 0 Å². The molecule has 4 nitrogen and oxygen atoms in total. The average Bonchev–Trinajstić information content (AvgIpc) is 3.04. The number of anilines is 1. The van der Waals surface area contributed by atoms with Gasteiger partial charge >= 0.3 is 0 Å². The number of rotatable bonds is 6. The molecule has 0 saturated heterocycles. The Morgan fingerprint density at radius 3 is 2.39 bits per heavy atom. The summed E-state index contributed by atoms with van der Waals surface area (Å²) in [5.41, 5.74) is 3.70. The molecule has 0 fully saturated rings. The summed E-state index contributed by atoms with van der Waals surface area (Å²) in [6, 6.07) is 10.7. The van der Waals surface area contributed by atoms with E-state index in [1.54, 1.807) is 11.3 Å². The predicted octanol–water partition coefficient (Wildman–Crippen LogP) is 3.69. The van der Waals surface area contributed by atoms with E-state index in [1.807, 2.05) is 14.1 Å². The molecule has 0 aliphatic rings. The molecular weight excluding hydrogens is 419 g/mol. The molecule has 1 aromatic heterocycles. The molecule has 23 heavy (non-hydrogen) atoms. The monoisotopic (exact) mass is 444 g/mol. The van der Waals surface area contributed by atoms with Crippen LogP contribution in [0, 0.1) is 0 Å². The van der Waals surface area contributed by atoms with Gasteiger partial charge in [0, 0.05) is 32.9 Å². The van der Waals surface area contributed by atoms with Gasteiger partial charge in [-0.25, -0.2) is 4.99 Å². The van der Waals surface area contributed by atoms with Gasteiger partial charge in [-0.15, -0.1) is 24.0 Å². The summed E-state index contributed by atoms with van der Waals surface area (Å²) in [6.07, 6.45) is 0. The van der Waals surface area contributed by atoms with Crippen LogP contribution in [0.2, 0.25) is 0 Å². The molecule has 0 aliphatic carbocycles. The van der Waals surface area contributed by atoms with E-state index in [1.165, 1.54) is 16.8 Å². The van der Waals surface area contributed by atoms with Crippen LogP contribution in [0.1, 0.15) is 18.1 Å². The lowest BCUT2D eigenvalue weighted by molar-refractivity contribution is 0.816. The van der Waals surface area contributed by atoms with Crippen molar-refractivity contribution in [2.45, 2.75) is 20.0 Å². The van der Waals surface area contributed by atoms with Crippen molar-refractivity contribution in [3.8, 4) is 0 Å². The minimum atomic E-state index is 0. The summed E-state index contributed by atoms with van der Waals surface area (Å²) >= 11 is 1.70. The first-order valence-electron chi connectivity index (χ1n) is 7.48. The molecule has 2 rings (SSSR count). The zero-order valence-corrected chi connectivity index (χ0v) is 17.0.